The van der Waals surface area contributed by atoms with Crippen molar-refractivity contribution in [2.75, 3.05) is 6.54 Å². The van der Waals surface area contributed by atoms with Gasteiger partial charge in [-0.15, -0.1) is 0 Å². The Morgan fingerprint density at radius 2 is 2.20 bits per heavy atom. The van der Waals surface area contributed by atoms with E-state index in [1.165, 1.54) is 5.57 Å². The third-order valence-electron chi connectivity index (χ3n) is 2.65. The first kappa shape index (κ1) is 12.0. The van der Waals surface area contributed by atoms with E-state index < -0.39 is 0 Å². The minimum absolute atomic E-state index is 0.0241. The average molecular weight is 207 g/mol. The summed E-state index contributed by atoms with van der Waals surface area (Å²) >= 11 is 0. The Morgan fingerprint density at radius 1 is 1.53 bits per heavy atom. The zero-order valence-corrected chi connectivity index (χ0v) is 10.1. The zero-order valence-electron chi connectivity index (χ0n) is 10.1. The lowest BCUT2D eigenvalue weighted by Crippen LogP contribution is -2.30. The molecule has 0 bridgehead atoms. The second kappa shape index (κ2) is 4.65. The van der Waals surface area contributed by atoms with Crippen molar-refractivity contribution < 1.29 is 4.79 Å². The van der Waals surface area contributed by atoms with Gasteiger partial charge in [-0.2, -0.15) is 0 Å². The summed E-state index contributed by atoms with van der Waals surface area (Å²) in [6, 6.07) is 0. The highest BCUT2D eigenvalue weighted by molar-refractivity contribution is 5.81. The fourth-order valence-electron chi connectivity index (χ4n) is 1.68. The largest absolute Gasteiger partial charge is 0.356 e. The Labute approximate surface area is 92.4 Å². The topological polar surface area (TPSA) is 29.1 Å². The zero-order chi connectivity index (χ0) is 11.5. The number of carbonyl (C=O) groups is 1. The van der Waals surface area contributed by atoms with E-state index in [0.717, 1.165) is 6.42 Å². The van der Waals surface area contributed by atoms with Crippen LogP contribution in [0.3, 0.4) is 0 Å². The van der Waals surface area contributed by atoms with Crippen molar-refractivity contribution in [3.8, 4) is 0 Å². The average Bonchev–Trinajstić information content (AvgIpc) is 2.17. The van der Waals surface area contributed by atoms with Crippen molar-refractivity contribution in [3.05, 3.63) is 23.8 Å². The number of carbonyl (C=O) groups excluding carboxylic acids is 1. The highest BCUT2D eigenvalue weighted by Gasteiger charge is 2.21. The molecule has 0 aliphatic heterocycles. The van der Waals surface area contributed by atoms with Crippen LogP contribution in [0, 0.1) is 11.3 Å². The number of rotatable bonds is 2. The van der Waals surface area contributed by atoms with Crippen molar-refractivity contribution >= 4 is 5.91 Å². The van der Waals surface area contributed by atoms with Gasteiger partial charge in [0.05, 0.1) is 5.92 Å². The van der Waals surface area contributed by atoms with Gasteiger partial charge in [0.25, 0.3) is 0 Å². The van der Waals surface area contributed by atoms with Gasteiger partial charge in [0.1, 0.15) is 0 Å². The maximum Gasteiger partial charge on any atom is 0.227 e. The Hall–Kier alpha value is -1.05. The minimum Gasteiger partial charge on any atom is -0.356 e. The highest BCUT2D eigenvalue weighted by atomic mass is 16.1. The Morgan fingerprint density at radius 3 is 2.60 bits per heavy atom. The molecule has 1 unspecified atom stereocenters. The number of amides is 1. The van der Waals surface area contributed by atoms with Crippen LogP contribution in [0.1, 0.15) is 34.1 Å². The quantitative estimate of drug-likeness (QED) is 0.741. The predicted octanol–water partition coefficient (Wildman–Crippen LogP) is 2.67. The molecule has 0 spiro atoms. The van der Waals surface area contributed by atoms with Crippen LogP contribution in [0.15, 0.2) is 23.8 Å². The molecule has 1 atom stereocenters. The molecule has 0 fully saturated rings. The lowest BCUT2D eigenvalue weighted by Gasteiger charge is -2.24. The molecule has 15 heavy (non-hydrogen) atoms. The first-order valence-corrected chi connectivity index (χ1v) is 5.61. The molecule has 0 radical (unpaired) electrons. The molecule has 0 aromatic heterocycles. The first-order valence-electron chi connectivity index (χ1n) is 5.61. The van der Waals surface area contributed by atoms with E-state index in [-0.39, 0.29) is 17.2 Å². The van der Waals surface area contributed by atoms with Gasteiger partial charge in [-0.3, -0.25) is 4.79 Å². The Balaban J connectivity index is 2.60. The molecule has 0 heterocycles. The van der Waals surface area contributed by atoms with Crippen LogP contribution in [-0.4, -0.2) is 12.5 Å². The van der Waals surface area contributed by atoms with E-state index in [0.29, 0.717) is 6.54 Å². The first-order chi connectivity index (χ1) is 6.95. The molecule has 1 rings (SSSR count). The van der Waals surface area contributed by atoms with Gasteiger partial charge >= 0.3 is 0 Å². The maximum atomic E-state index is 11.6. The highest BCUT2D eigenvalue weighted by Crippen LogP contribution is 2.30. The third-order valence-corrected chi connectivity index (χ3v) is 2.65. The Kier molecular flexibility index (Phi) is 3.72. The van der Waals surface area contributed by atoms with Gasteiger partial charge in [0.2, 0.25) is 5.91 Å². The van der Waals surface area contributed by atoms with Crippen molar-refractivity contribution in [1.29, 1.82) is 0 Å². The van der Waals surface area contributed by atoms with Gasteiger partial charge < -0.3 is 5.32 Å². The van der Waals surface area contributed by atoms with Gasteiger partial charge in [0.15, 0.2) is 0 Å². The molecule has 1 N–H and O–H groups in total. The molecule has 1 amide bonds. The second-order valence-electron chi connectivity index (χ2n) is 5.01. The van der Waals surface area contributed by atoms with E-state index in [1.54, 1.807) is 0 Å². The standard InChI is InChI=1S/C13H21NO/c1-5-14-12(15)10-6-8-11(9-7-10)13(2,3)4/h6,8-10H,5,7H2,1-4H3,(H,14,15). The lowest BCUT2D eigenvalue weighted by atomic mass is 9.81. The molecular formula is C13H21NO. The molecule has 1 aliphatic carbocycles. The Bertz CT molecular complexity index is 294. The van der Waals surface area contributed by atoms with E-state index in [1.807, 2.05) is 13.0 Å². The molecular weight excluding hydrogens is 186 g/mol. The summed E-state index contributed by atoms with van der Waals surface area (Å²) < 4.78 is 0. The third kappa shape index (κ3) is 3.22. The fraction of sp³-hybridized carbons (Fsp3) is 0.615. The second-order valence-corrected chi connectivity index (χ2v) is 5.01. The van der Waals surface area contributed by atoms with E-state index in [9.17, 15) is 4.79 Å². The van der Waals surface area contributed by atoms with Gasteiger partial charge in [-0.1, -0.05) is 39.0 Å². The summed E-state index contributed by atoms with van der Waals surface area (Å²) in [4.78, 5) is 11.6. The molecule has 0 saturated carbocycles. The molecule has 0 aromatic rings. The van der Waals surface area contributed by atoms with Crippen molar-refractivity contribution in [1.82, 2.24) is 5.32 Å². The molecule has 0 aromatic carbocycles. The molecule has 84 valence electrons. The molecule has 2 heteroatoms. The van der Waals surface area contributed by atoms with Crippen LogP contribution >= 0.6 is 0 Å². The lowest BCUT2D eigenvalue weighted by molar-refractivity contribution is -0.123. The number of hydrogen-bond donors (Lipinski definition) is 1. The monoisotopic (exact) mass is 207 g/mol. The molecule has 1 aliphatic rings. The van der Waals surface area contributed by atoms with Gasteiger partial charge in [-0.25, -0.2) is 0 Å². The van der Waals surface area contributed by atoms with E-state index in [4.69, 9.17) is 0 Å². The number of nitrogens with one attached hydrogen (secondary N) is 1. The van der Waals surface area contributed by atoms with Crippen LogP contribution in [0.2, 0.25) is 0 Å². The van der Waals surface area contributed by atoms with Crippen molar-refractivity contribution in [3.63, 3.8) is 0 Å². The molecule has 2 nitrogen and oxygen atoms in total. The smallest absolute Gasteiger partial charge is 0.227 e. The van der Waals surface area contributed by atoms with Gasteiger partial charge in [0, 0.05) is 6.54 Å². The van der Waals surface area contributed by atoms with Crippen LogP contribution in [-0.2, 0) is 4.79 Å². The van der Waals surface area contributed by atoms with Crippen molar-refractivity contribution in [2.45, 2.75) is 34.1 Å². The van der Waals surface area contributed by atoms with Crippen LogP contribution < -0.4 is 5.32 Å². The summed E-state index contributed by atoms with van der Waals surface area (Å²) in [7, 11) is 0. The summed E-state index contributed by atoms with van der Waals surface area (Å²) in [6.45, 7) is 9.22. The summed E-state index contributed by atoms with van der Waals surface area (Å²) in [5.41, 5.74) is 1.51. The van der Waals surface area contributed by atoms with E-state index in [2.05, 4.69) is 38.2 Å². The predicted molar refractivity (Wildman–Crippen MR) is 63.5 cm³/mol. The van der Waals surface area contributed by atoms with Gasteiger partial charge in [-0.05, 0) is 24.3 Å². The van der Waals surface area contributed by atoms with Crippen molar-refractivity contribution in [2.24, 2.45) is 11.3 Å². The van der Waals surface area contributed by atoms with Crippen LogP contribution in [0.5, 0.6) is 0 Å². The summed E-state index contributed by atoms with van der Waals surface area (Å²) in [5, 5.41) is 2.85. The summed E-state index contributed by atoms with van der Waals surface area (Å²) in [6.07, 6.45) is 7.11. The number of hydrogen-bond acceptors (Lipinski definition) is 1. The fourth-order valence-corrected chi connectivity index (χ4v) is 1.68. The van der Waals surface area contributed by atoms with Crippen LogP contribution in [0.4, 0.5) is 0 Å². The maximum absolute atomic E-state index is 11.6. The SMILES string of the molecule is CCNC(=O)C1C=CC(C(C)(C)C)=CC1. The normalized spacial score (nSPS) is 21.1. The van der Waals surface area contributed by atoms with E-state index >= 15 is 0 Å². The summed E-state index contributed by atoms with van der Waals surface area (Å²) in [5.74, 6) is 0.161. The number of allylic oxidation sites excluding steroid dienone is 3. The van der Waals surface area contributed by atoms with Crippen LogP contribution in [0.25, 0.3) is 0 Å². The minimum atomic E-state index is 0.0241. The molecule has 0 saturated heterocycles.